The molecule has 0 saturated heterocycles. The first-order valence-electron chi connectivity index (χ1n) is 7.74. The maximum Gasteiger partial charge on any atom is 0.142 e. The van der Waals surface area contributed by atoms with Crippen LogP contribution in [-0.4, -0.2) is 19.1 Å². The minimum Gasteiger partial charge on any atom is -0.383 e. The molecule has 2 N–H and O–H groups in total. The van der Waals surface area contributed by atoms with E-state index < -0.39 is 0 Å². The number of nitrogens with zero attached hydrogens (tertiary/aromatic N) is 3. The van der Waals surface area contributed by atoms with E-state index in [1.807, 2.05) is 73.6 Å². The van der Waals surface area contributed by atoms with Gasteiger partial charge in [0, 0.05) is 35.4 Å². The molecule has 1 aromatic heterocycles. The predicted molar refractivity (Wildman–Crippen MR) is 106 cm³/mol. The average Bonchev–Trinajstić information content (AvgIpc) is 2.62. The van der Waals surface area contributed by atoms with Gasteiger partial charge in [-0.1, -0.05) is 40.2 Å². The SMILES string of the molecule is CN(C)c1ccc(-c2cc(-c3ccc(Br)cc3)c(C#N)c(N)n2)cc1. The lowest BCUT2D eigenvalue weighted by Gasteiger charge is -2.14. The second kappa shape index (κ2) is 6.96. The molecule has 0 bridgehead atoms. The van der Waals surface area contributed by atoms with Gasteiger partial charge in [0.1, 0.15) is 17.5 Å². The molecule has 2 aromatic carbocycles. The highest BCUT2D eigenvalue weighted by Gasteiger charge is 2.13. The number of hydrogen-bond donors (Lipinski definition) is 1. The quantitative estimate of drug-likeness (QED) is 0.701. The topological polar surface area (TPSA) is 65.9 Å². The summed E-state index contributed by atoms with van der Waals surface area (Å²) in [5, 5.41) is 9.49. The highest BCUT2D eigenvalue weighted by Crippen LogP contribution is 2.32. The number of anilines is 2. The summed E-state index contributed by atoms with van der Waals surface area (Å²) in [6.45, 7) is 0. The normalized spacial score (nSPS) is 10.3. The molecular formula is C20H17BrN4. The Morgan fingerprint density at radius 3 is 2.16 bits per heavy atom. The van der Waals surface area contributed by atoms with E-state index in [0.29, 0.717) is 5.56 Å². The monoisotopic (exact) mass is 392 g/mol. The van der Waals surface area contributed by atoms with Crippen LogP contribution in [0.2, 0.25) is 0 Å². The van der Waals surface area contributed by atoms with Gasteiger partial charge < -0.3 is 10.6 Å². The third kappa shape index (κ3) is 3.49. The number of hydrogen-bond acceptors (Lipinski definition) is 4. The minimum absolute atomic E-state index is 0.245. The van der Waals surface area contributed by atoms with Crippen LogP contribution in [0.4, 0.5) is 11.5 Å². The van der Waals surface area contributed by atoms with Crippen molar-refractivity contribution in [2.24, 2.45) is 0 Å². The van der Waals surface area contributed by atoms with E-state index in [-0.39, 0.29) is 5.82 Å². The van der Waals surface area contributed by atoms with E-state index in [2.05, 4.69) is 27.0 Å². The van der Waals surface area contributed by atoms with Gasteiger partial charge in [0.05, 0.1) is 5.69 Å². The molecule has 4 nitrogen and oxygen atoms in total. The van der Waals surface area contributed by atoms with Gasteiger partial charge in [0.25, 0.3) is 0 Å². The Labute approximate surface area is 155 Å². The van der Waals surface area contributed by atoms with Crippen molar-refractivity contribution < 1.29 is 0 Å². The number of halogens is 1. The number of benzene rings is 2. The molecule has 0 fully saturated rings. The third-order valence-electron chi connectivity index (χ3n) is 3.99. The first kappa shape index (κ1) is 17.0. The van der Waals surface area contributed by atoms with Crippen LogP contribution in [-0.2, 0) is 0 Å². The fraction of sp³-hybridized carbons (Fsp3) is 0.100. The second-order valence-electron chi connectivity index (χ2n) is 5.88. The molecule has 0 aliphatic rings. The predicted octanol–water partition coefficient (Wildman–Crippen LogP) is 4.70. The maximum absolute atomic E-state index is 9.49. The van der Waals surface area contributed by atoms with Crippen molar-refractivity contribution in [3.63, 3.8) is 0 Å². The molecule has 0 aliphatic heterocycles. The van der Waals surface area contributed by atoms with Crippen LogP contribution in [0.1, 0.15) is 5.56 Å². The van der Waals surface area contributed by atoms with E-state index in [9.17, 15) is 5.26 Å². The summed E-state index contributed by atoms with van der Waals surface area (Å²) in [7, 11) is 4.00. The number of pyridine rings is 1. The summed E-state index contributed by atoms with van der Waals surface area (Å²) in [5.74, 6) is 0.245. The first-order valence-corrected chi connectivity index (χ1v) is 8.53. The summed E-state index contributed by atoms with van der Waals surface area (Å²) in [6, 6.07) is 20.0. The van der Waals surface area contributed by atoms with Crippen LogP contribution < -0.4 is 10.6 Å². The number of rotatable bonds is 3. The Morgan fingerprint density at radius 1 is 1.00 bits per heavy atom. The molecule has 0 radical (unpaired) electrons. The van der Waals surface area contributed by atoms with E-state index in [0.717, 1.165) is 32.5 Å². The van der Waals surface area contributed by atoms with Gasteiger partial charge >= 0.3 is 0 Å². The summed E-state index contributed by atoms with van der Waals surface area (Å²) < 4.78 is 0.983. The number of nitriles is 1. The largest absolute Gasteiger partial charge is 0.383 e. The summed E-state index contributed by atoms with van der Waals surface area (Å²) >= 11 is 3.43. The molecule has 1 heterocycles. The van der Waals surface area contributed by atoms with Crippen LogP contribution in [0.15, 0.2) is 59.1 Å². The van der Waals surface area contributed by atoms with E-state index in [1.54, 1.807) is 0 Å². The average molecular weight is 393 g/mol. The number of nitrogen functional groups attached to an aromatic ring is 1. The van der Waals surface area contributed by atoms with E-state index in [4.69, 9.17) is 5.73 Å². The molecule has 0 spiro atoms. The Kier molecular flexibility index (Phi) is 4.73. The molecule has 0 atom stereocenters. The molecule has 0 unspecified atom stereocenters. The standard InChI is InChI=1S/C20H17BrN4/c1-25(2)16-9-5-14(6-10-16)19-11-17(18(12-22)20(23)24-19)13-3-7-15(21)8-4-13/h3-11H,1-2H3,(H2,23,24). The van der Waals surface area contributed by atoms with E-state index in [1.165, 1.54) is 0 Å². The van der Waals surface area contributed by atoms with E-state index >= 15 is 0 Å². The van der Waals surface area contributed by atoms with Gasteiger partial charge in [0.15, 0.2) is 0 Å². The van der Waals surface area contributed by atoms with Crippen molar-refractivity contribution in [3.8, 4) is 28.5 Å². The van der Waals surface area contributed by atoms with Crippen molar-refractivity contribution in [1.82, 2.24) is 4.98 Å². The smallest absolute Gasteiger partial charge is 0.142 e. The highest BCUT2D eigenvalue weighted by molar-refractivity contribution is 9.10. The van der Waals surface area contributed by atoms with Gasteiger partial charge in [-0.3, -0.25) is 0 Å². The van der Waals surface area contributed by atoms with Crippen LogP contribution in [0, 0.1) is 11.3 Å². The van der Waals surface area contributed by atoms with Gasteiger partial charge in [-0.25, -0.2) is 4.98 Å². The number of nitrogens with two attached hydrogens (primary N) is 1. The van der Waals surface area contributed by atoms with Crippen LogP contribution in [0.3, 0.4) is 0 Å². The van der Waals surface area contributed by atoms with Gasteiger partial charge in [-0.2, -0.15) is 5.26 Å². The fourth-order valence-electron chi connectivity index (χ4n) is 2.62. The zero-order valence-electron chi connectivity index (χ0n) is 14.0. The van der Waals surface area contributed by atoms with Crippen molar-refractivity contribution in [1.29, 1.82) is 5.26 Å². The minimum atomic E-state index is 0.245. The Hall–Kier alpha value is -2.84. The molecule has 0 amide bonds. The lowest BCUT2D eigenvalue weighted by Crippen LogP contribution is -2.08. The molecule has 3 rings (SSSR count). The highest BCUT2D eigenvalue weighted by atomic mass is 79.9. The van der Waals surface area contributed by atoms with Crippen molar-refractivity contribution in [3.05, 3.63) is 64.6 Å². The lowest BCUT2D eigenvalue weighted by atomic mass is 9.98. The molecule has 0 saturated carbocycles. The van der Waals surface area contributed by atoms with Gasteiger partial charge in [0.2, 0.25) is 0 Å². The molecule has 25 heavy (non-hydrogen) atoms. The maximum atomic E-state index is 9.49. The van der Waals surface area contributed by atoms with Crippen molar-refractivity contribution in [2.75, 3.05) is 24.7 Å². The number of aromatic nitrogens is 1. The van der Waals surface area contributed by atoms with Crippen molar-refractivity contribution >= 4 is 27.4 Å². The van der Waals surface area contributed by atoms with Gasteiger partial charge in [-0.15, -0.1) is 0 Å². The van der Waals surface area contributed by atoms with Crippen molar-refractivity contribution in [2.45, 2.75) is 0 Å². The van der Waals surface area contributed by atoms with Crippen LogP contribution in [0.5, 0.6) is 0 Å². The Balaban J connectivity index is 2.13. The fourth-order valence-corrected chi connectivity index (χ4v) is 2.88. The lowest BCUT2D eigenvalue weighted by molar-refractivity contribution is 1.13. The first-order chi connectivity index (χ1) is 12.0. The summed E-state index contributed by atoms with van der Waals surface area (Å²) in [5.41, 5.74) is 11.0. The molecule has 3 aromatic rings. The Morgan fingerprint density at radius 2 is 1.60 bits per heavy atom. The molecule has 0 aliphatic carbocycles. The summed E-state index contributed by atoms with van der Waals surface area (Å²) in [6.07, 6.45) is 0. The second-order valence-corrected chi connectivity index (χ2v) is 6.79. The summed E-state index contributed by atoms with van der Waals surface area (Å²) in [4.78, 5) is 6.46. The zero-order valence-corrected chi connectivity index (χ0v) is 15.6. The molecule has 5 heteroatoms. The third-order valence-corrected chi connectivity index (χ3v) is 4.52. The van der Waals surface area contributed by atoms with Crippen LogP contribution >= 0.6 is 15.9 Å². The van der Waals surface area contributed by atoms with Crippen LogP contribution in [0.25, 0.3) is 22.4 Å². The zero-order chi connectivity index (χ0) is 18.0. The Bertz CT molecular complexity index is 939. The molecular weight excluding hydrogens is 376 g/mol. The van der Waals surface area contributed by atoms with Gasteiger partial charge in [-0.05, 0) is 35.9 Å². The molecule has 124 valence electrons.